The largest absolute Gasteiger partial charge is 0.505 e. The number of carboxylic acid groups (broad SMARTS) is 1. The molecular formula is C8H14O7. The average molecular weight is 222 g/mol. The first-order chi connectivity index (χ1) is 7.06. The van der Waals surface area contributed by atoms with Gasteiger partial charge in [0.2, 0.25) is 0 Å². The van der Waals surface area contributed by atoms with Crippen molar-refractivity contribution >= 4 is 6.16 Å². The van der Waals surface area contributed by atoms with Gasteiger partial charge in [-0.2, -0.15) is 0 Å². The summed E-state index contributed by atoms with van der Waals surface area (Å²) >= 11 is 0. The lowest BCUT2D eigenvalue weighted by Crippen LogP contribution is -2.30. The molecule has 0 aromatic rings. The molecule has 15 heavy (non-hydrogen) atoms. The number of hydrogen-bond donors (Lipinski definition) is 3. The molecule has 0 aromatic carbocycles. The number of carbonyl (C=O) groups is 1. The molecule has 2 rings (SSSR count). The fourth-order valence-electron chi connectivity index (χ4n) is 1.46. The maximum absolute atomic E-state index is 9.16. The van der Waals surface area contributed by atoms with Crippen LogP contribution in [-0.4, -0.2) is 66.2 Å². The zero-order valence-electron chi connectivity index (χ0n) is 8.20. The van der Waals surface area contributed by atoms with Crippen LogP contribution in [0.3, 0.4) is 0 Å². The highest BCUT2D eigenvalue weighted by Crippen LogP contribution is 2.26. The summed E-state index contributed by atoms with van der Waals surface area (Å²) in [5.74, 6) is 0. The van der Waals surface area contributed by atoms with Crippen LogP contribution in [0.15, 0.2) is 0 Å². The van der Waals surface area contributed by atoms with Crippen LogP contribution in [0.1, 0.15) is 0 Å². The van der Waals surface area contributed by atoms with Crippen molar-refractivity contribution in [1.82, 2.24) is 0 Å². The third kappa shape index (κ3) is 3.03. The van der Waals surface area contributed by atoms with Gasteiger partial charge in [-0.25, -0.2) is 4.79 Å². The first-order valence-corrected chi connectivity index (χ1v) is 4.42. The van der Waals surface area contributed by atoms with Crippen molar-refractivity contribution in [2.75, 3.05) is 20.3 Å². The predicted molar refractivity (Wildman–Crippen MR) is 46.5 cm³/mol. The number of methoxy groups -OCH3 is 1. The summed E-state index contributed by atoms with van der Waals surface area (Å²) in [4.78, 5) is 9.15. The van der Waals surface area contributed by atoms with Crippen molar-refractivity contribution in [2.24, 2.45) is 0 Å². The van der Waals surface area contributed by atoms with E-state index in [9.17, 15) is 0 Å². The molecule has 4 atom stereocenters. The molecule has 2 aliphatic heterocycles. The minimum atomic E-state index is -1.25. The molecule has 0 amide bonds. The summed E-state index contributed by atoms with van der Waals surface area (Å²) in [6.07, 6.45) is -2.95. The molecule has 88 valence electrons. The van der Waals surface area contributed by atoms with E-state index in [1.165, 1.54) is 0 Å². The van der Waals surface area contributed by atoms with E-state index < -0.39 is 18.4 Å². The molecule has 0 unspecified atom stereocenters. The van der Waals surface area contributed by atoms with Crippen LogP contribution in [0.2, 0.25) is 0 Å². The predicted octanol–water partition coefficient (Wildman–Crippen LogP) is -1.18. The van der Waals surface area contributed by atoms with Gasteiger partial charge in [0, 0.05) is 0 Å². The Bertz CT molecular complexity index is 203. The van der Waals surface area contributed by atoms with Crippen molar-refractivity contribution in [1.29, 1.82) is 0 Å². The van der Waals surface area contributed by atoms with Gasteiger partial charge in [0.1, 0.15) is 24.4 Å². The van der Waals surface area contributed by atoms with E-state index in [1.54, 1.807) is 0 Å². The molecule has 0 radical (unpaired) electrons. The molecular weight excluding hydrogens is 208 g/mol. The van der Waals surface area contributed by atoms with E-state index in [0.717, 1.165) is 7.11 Å². The molecule has 0 spiro atoms. The Morgan fingerprint density at radius 3 is 1.80 bits per heavy atom. The lowest BCUT2D eigenvalue weighted by atomic mass is 10.1. The van der Waals surface area contributed by atoms with Gasteiger partial charge < -0.3 is 29.5 Å². The lowest BCUT2D eigenvalue weighted by Gasteiger charge is -2.09. The first kappa shape index (κ1) is 12.2. The van der Waals surface area contributed by atoms with E-state index in [-0.39, 0.29) is 25.4 Å². The maximum Gasteiger partial charge on any atom is 0.505 e. The number of rotatable bonds is 0. The summed E-state index contributed by atoms with van der Waals surface area (Å²) < 4.78 is 13.8. The molecule has 0 bridgehead atoms. The average Bonchev–Trinajstić information content (AvgIpc) is 2.73. The second kappa shape index (κ2) is 5.26. The Balaban J connectivity index is 0.000000195. The Kier molecular flexibility index (Phi) is 4.28. The molecule has 7 heteroatoms. The van der Waals surface area contributed by atoms with Gasteiger partial charge in [0.05, 0.1) is 20.3 Å². The Morgan fingerprint density at radius 2 is 1.53 bits per heavy atom. The molecule has 0 aliphatic carbocycles. The third-order valence-electron chi connectivity index (χ3n) is 2.18. The van der Waals surface area contributed by atoms with Crippen LogP contribution in [0.25, 0.3) is 0 Å². The SMILES string of the molecule is COC(=O)O.O[C@@H]1CO[C@H]2[C@@H]1OC[C@@H]2O. The molecule has 2 aliphatic rings. The Labute approximate surface area is 86.2 Å². The third-order valence-corrected chi connectivity index (χ3v) is 2.18. The number of fused-ring (bicyclic) bond motifs is 1. The summed E-state index contributed by atoms with van der Waals surface area (Å²) in [6.45, 7) is 0.568. The van der Waals surface area contributed by atoms with Gasteiger partial charge in [-0.1, -0.05) is 0 Å². The van der Waals surface area contributed by atoms with Crippen molar-refractivity contribution in [3.8, 4) is 0 Å². The molecule has 2 saturated heterocycles. The van der Waals surface area contributed by atoms with Gasteiger partial charge in [0.25, 0.3) is 0 Å². The van der Waals surface area contributed by atoms with Gasteiger partial charge >= 0.3 is 6.16 Å². The molecule has 2 heterocycles. The highest BCUT2D eigenvalue weighted by Gasteiger charge is 2.46. The van der Waals surface area contributed by atoms with Crippen LogP contribution < -0.4 is 0 Å². The fraction of sp³-hybridized carbons (Fsp3) is 0.875. The minimum Gasteiger partial charge on any atom is -0.450 e. The Hall–Kier alpha value is -0.890. The molecule has 7 nitrogen and oxygen atoms in total. The zero-order chi connectivity index (χ0) is 11.4. The van der Waals surface area contributed by atoms with E-state index in [4.69, 9.17) is 29.6 Å². The fourth-order valence-corrected chi connectivity index (χ4v) is 1.46. The highest BCUT2D eigenvalue weighted by atomic mass is 16.6. The van der Waals surface area contributed by atoms with Crippen molar-refractivity contribution < 1.29 is 34.3 Å². The van der Waals surface area contributed by atoms with Crippen LogP contribution in [0.5, 0.6) is 0 Å². The van der Waals surface area contributed by atoms with Crippen LogP contribution in [-0.2, 0) is 14.2 Å². The van der Waals surface area contributed by atoms with Crippen LogP contribution in [0.4, 0.5) is 4.79 Å². The number of aliphatic hydroxyl groups is 2. The van der Waals surface area contributed by atoms with Gasteiger partial charge in [-0.05, 0) is 0 Å². The summed E-state index contributed by atoms with van der Waals surface area (Å²) in [5, 5.41) is 25.8. The molecule has 3 N–H and O–H groups in total. The van der Waals surface area contributed by atoms with Crippen molar-refractivity contribution in [3.05, 3.63) is 0 Å². The topological polar surface area (TPSA) is 105 Å². The van der Waals surface area contributed by atoms with E-state index in [1.807, 2.05) is 0 Å². The van der Waals surface area contributed by atoms with E-state index >= 15 is 0 Å². The summed E-state index contributed by atoms with van der Waals surface area (Å²) in [5.41, 5.74) is 0. The monoisotopic (exact) mass is 222 g/mol. The second-order valence-corrected chi connectivity index (χ2v) is 3.20. The first-order valence-electron chi connectivity index (χ1n) is 4.42. The van der Waals surface area contributed by atoms with E-state index in [0.29, 0.717) is 0 Å². The van der Waals surface area contributed by atoms with Gasteiger partial charge in [-0.3, -0.25) is 0 Å². The van der Waals surface area contributed by atoms with Crippen molar-refractivity contribution in [3.63, 3.8) is 0 Å². The molecule has 2 fully saturated rings. The normalized spacial score (nSPS) is 37.8. The van der Waals surface area contributed by atoms with Gasteiger partial charge in [-0.15, -0.1) is 0 Å². The highest BCUT2D eigenvalue weighted by molar-refractivity contribution is 5.56. The van der Waals surface area contributed by atoms with Crippen LogP contribution >= 0.6 is 0 Å². The second-order valence-electron chi connectivity index (χ2n) is 3.20. The number of hydrogen-bond acceptors (Lipinski definition) is 6. The quantitative estimate of drug-likeness (QED) is 0.443. The van der Waals surface area contributed by atoms with E-state index in [2.05, 4.69) is 4.74 Å². The van der Waals surface area contributed by atoms with Crippen molar-refractivity contribution in [2.45, 2.75) is 24.4 Å². The maximum atomic E-state index is 9.16. The number of aliphatic hydroxyl groups excluding tert-OH is 2. The minimum absolute atomic E-state index is 0.284. The number of ether oxygens (including phenoxy) is 3. The smallest absolute Gasteiger partial charge is 0.450 e. The lowest BCUT2D eigenvalue weighted by molar-refractivity contribution is 0.00205. The standard InChI is InChI=1S/C6H10O4.C2H4O3/c7-3-1-9-6-4(8)2-10-5(3)6;1-5-2(3)4/h3-8H,1-2H2;1H3,(H,3,4)/t3-,4+,5-,6-;/m1./s1. The molecule has 0 saturated carbocycles. The van der Waals surface area contributed by atoms with Gasteiger partial charge in [0.15, 0.2) is 0 Å². The summed E-state index contributed by atoms with van der Waals surface area (Å²) in [7, 11) is 1.10. The summed E-state index contributed by atoms with van der Waals surface area (Å²) in [6, 6.07) is 0. The Morgan fingerprint density at radius 1 is 1.20 bits per heavy atom. The zero-order valence-corrected chi connectivity index (χ0v) is 8.20. The van der Waals surface area contributed by atoms with Crippen LogP contribution in [0, 0.1) is 0 Å². The molecule has 0 aromatic heterocycles.